The van der Waals surface area contributed by atoms with Crippen LogP contribution in [0.5, 0.6) is 5.75 Å². The molecule has 0 aromatic heterocycles. The third-order valence-electron chi connectivity index (χ3n) is 1.40. The molecule has 1 aromatic rings. The number of rotatable bonds is 4. The van der Waals surface area contributed by atoms with E-state index in [-0.39, 0.29) is 6.29 Å². The predicted octanol–water partition coefficient (Wildman–Crippen LogP) is 2.26. The summed E-state index contributed by atoms with van der Waals surface area (Å²) < 4.78 is 10.5. The van der Waals surface area contributed by atoms with E-state index in [0.717, 1.165) is 5.75 Å². The largest absolute Gasteiger partial charge is 0.465 e. The first-order chi connectivity index (χ1) is 5.83. The van der Waals surface area contributed by atoms with Gasteiger partial charge >= 0.3 is 0 Å². The molecule has 0 amide bonds. The van der Waals surface area contributed by atoms with E-state index in [1.165, 1.54) is 0 Å². The third kappa shape index (κ3) is 2.93. The van der Waals surface area contributed by atoms with Crippen molar-refractivity contribution in [1.29, 1.82) is 0 Å². The molecule has 65 valence electrons. The van der Waals surface area contributed by atoms with Crippen molar-refractivity contribution in [3.05, 3.63) is 37.3 Å². The molecule has 0 fully saturated rings. The molecular formula is C10H13O2. The predicted molar refractivity (Wildman–Crippen MR) is 47.8 cm³/mol. The Morgan fingerprint density at radius 3 is 2.58 bits per heavy atom. The van der Waals surface area contributed by atoms with Crippen LogP contribution in [-0.4, -0.2) is 12.9 Å². The van der Waals surface area contributed by atoms with Gasteiger partial charge in [-0.25, -0.2) is 0 Å². The van der Waals surface area contributed by atoms with Crippen LogP contribution in [0.4, 0.5) is 0 Å². The minimum Gasteiger partial charge on any atom is -0.465 e. The number of benzene rings is 1. The number of ether oxygens (including phenoxy) is 2. The molecular weight excluding hydrogens is 152 g/mol. The smallest absolute Gasteiger partial charge is 0.196 e. The highest BCUT2D eigenvalue weighted by Gasteiger charge is 2.00. The zero-order chi connectivity index (χ0) is 8.81. The molecule has 0 aliphatic rings. The van der Waals surface area contributed by atoms with Gasteiger partial charge in [-0.3, -0.25) is 0 Å². The second-order valence-corrected chi connectivity index (χ2v) is 2.37. The van der Waals surface area contributed by atoms with Gasteiger partial charge in [-0.2, -0.15) is 0 Å². The lowest BCUT2D eigenvalue weighted by Crippen LogP contribution is -2.15. The molecule has 0 saturated carbocycles. The maximum absolute atomic E-state index is 5.39. The van der Waals surface area contributed by atoms with E-state index in [0.29, 0.717) is 6.61 Å². The highest BCUT2D eigenvalue weighted by Crippen LogP contribution is 2.10. The van der Waals surface area contributed by atoms with Crippen LogP contribution in [0.2, 0.25) is 0 Å². The van der Waals surface area contributed by atoms with Crippen molar-refractivity contribution in [3.8, 4) is 5.75 Å². The molecule has 0 heterocycles. The first kappa shape index (κ1) is 9.07. The molecule has 0 aliphatic carbocycles. The van der Waals surface area contributed by atoms with Crippen LogP contribution in [0, 0.1) is 6.92 Å². The molecule has 0 spiro atoms. The van der Waals surface area contributed by atoms with Crippen molar-refractivity contribution >= 4 is 0 Å². The second-order valence-electron chi connectivity index (χ2n) is 2.37. The summed E-state index contributed by atoms with van der Waals surface area (Å²) in [6.45, 7) is 5.84. The molecule has 1 unspecified atom stereocenters. The summed E-state index contributed by atoms with van der Waals surface area (Å²) in [6.07, 6.45) is -0.232. The third-order valence-corrected chi connectivity index (χ3v) is 1.40. The SMILES string of the molecule is [CH2]COC(C)Oc1ccccc1. The zero-order valence-electron chi connectivity index (χ0n) is 7.19. The molecule has 1 atom stereocenters. The molecule has 2 heteroatoms. The Kier molecular flexibility index (Phi) is 3.61. The second kappa shape index (κ2) is 4.78. The van der Waals surface area contributed by atoms with Gasteiger partial charge in [-0.15, -0.1) is 0 Å². The van der Waals surface area contributed by atoms with Gasteiger partial charge in [0.1, 0.15) is 5.75 Å². The molecule has 0 bridgehead atoms. The van der Waals surface area contributed by atoms with Crippen LogP contribution < -0.4 is 4.74 Å². The van der Waals surface area contributed by atoms with Crippen molar-refractivity contribution in [3.63, 3.8) is 0 Å². The van der Waals surface area contributed by atoms with E-state index in [2.05, 4.69) is 6.92 Å². The Hall–Kier alpha value is -1.02. The van der Waals surface area contributed by atoms with Crippen LogP contribution in [-0.2, 0) is 4.74 Å². The van der Waals surface area contributed by atoms with Crippen LogP contribution in [0.3, 0.4) is 0 Å². The molecule has 0 aliphatic heterocycles. The van der Waals surface area contributed by atoms with E-state index in [4.69, 9.17) is 9.47 Å². The monoisotopic (exact) mass is 165 g/mol. The van der Waals surface area contributed by atoms with Crippen LogP contribution >= 0.6 is 0 Å². The highest BCUT2D eigenvalue weighted by molar-refractivity contribution is 5.20. The summed E-state index contributed by atoms with van der Waals surface area (Å²) in [5, 5.41) is 0. The first-order valence-corrected chi connectivity index (χ1v) is 3.95. The summed E-state index contributed by atoms with van der Waals surface area (Å²) >= 11 is 0. The summed E-state index contributed by atoms with van der Waals surface area (Å²) in [7, 11) is 0. The number of hydrogen-bond donors (Lipinski definition) is 0. The van der Waals surface area contributed by atoms with E-state index in [9.17, 15) is 0 Å². The lowest BCUT2D eigenvalue weighted by Gasteiger charge is -2.13. The average Bonchev–Trinajstić information content (AvgIpc) is 2.06. The molecule has 1 aromatic carbocycles. The van der Waals surface area contributed by atoms with E-state index < -0.39 is 0 Å². The Morgan fingerprint density at radius 2 is 2.00 bits per heavy atom. The number of hydrogen-bond acceptors (Lipinski definition) is 2. The number of para-hydroxylation sites is 1. The van der Waals surface area contributed by atoms with Crippen molar-refractivity contribution < 1.29 is 9.47 Å². The molecule has 12 heavy (non-hydrogen) atoms. The van der Waals surface area contributed by atoms with Gasteiger partial charge in [0.15, 0.2) is 6.29 Å². The maximum atomic E-state index is 5.39. The topological polar surface area (TPSA) is 18.5 Å². The van der Waals surface area contributed by atoms with Gasteiger partial charge in [0.05, 0.1) is 6.61 Å². The Balaban J connectivity index is 2.41. The van der Waals surface area contributed by atoms with Crippen LogP contribution in [0.15, 0.2) is 30.3 Å². The van der Waals surface area contributed by atoms with Gasteiger partial charge in [0, 0.05) is 0 Å². The van der Waals surface area contributed by atoms with E-state index >= 15 is 0 Å². The molecule has 0 N–H and O–H groups in total. The summed E-state index contributed by atoms with van der Waals surface area (Å²) in [5.74, 6) is 0.818. The molecule has 0 saturated heterocycles. The zero-order valence-corrected chi connectivity index (χ0v) is 7.19. The lowest BCUT2D eigenvalue weighted by molar-refractivity contribution is -0.0555. The van der Waals surface area contributed by atoms with Crippen molar-refractivity contribution in [2.24, 2.45) is 0 Å². The van der Waals surface area contributed by atoms with Gasteiger partial charge in [-0.05, 0) is 26.0 Å². The van der Waals surface area contributed by atoms with Gasteiger partial charge in [0.25, 0.3) is 0 Å². The fourth-order valence-corrected chi connectivity index (χ4v) is 0.891. The Bertz CT molecular complexity index is 208. The maximum Gasteiger partial charge on any atom is 0.196 e. The van der Waals surface area contributed by atoms with Crippen LogP contribution in [0.1, 0.15) is 6.92 Å². The average molecular weight is 165 g/mol. The van der Waals surface area contributed by atoms with Gasteiger partial charge < -0.3 is 9.47 Å². The van der Waals surface area contributed by atoms with Gasteiger partial charge in [0.2, 0.25) is 0 Å². The fraction of sp³-hybridized carbons (Fsp3) is 0.300. The van der Waals surface area contributed by atoms with Crippen LogP contribution in [0.25, 0.3) is 0 Å². The van der Waals surface area contributed by atoms with Gasteiger partial charge in [-0.1, -0.05) is 18.2 Å². The summed E-state index contributed by atoms with van der Waals surface area (Å²) in [6, 6.07) is 9.57. The van der Waals surface area contributed by atoms with E-state index in [1.807, 2.05) is 37.3 Å². The quantitative estimate of drug-likeness (QED) is 0.637. The summed E-state index contributed by atoms with van der Waals surface area (Å²) in [5.41, 5.74) is 0. The Labute approximate surface area is 73.1 Å². The van der Waals surface area contributed by atoms with E-state index in [1.54, 1.807) is 0 Å². The highest BCUT2D eigenvalue weighted by atomic mass is 16.7. The standard InChI is InChI=1S/C10H13O2/c1-3-11-9(2)12-10-7-5-4-6-8-10/h4-9H,1,3H2,2H3. The minimum absolute atomic E-state index is 0.232. The normalized spacial score (nSPS) is 12.5. The first-order valence-electron chi connectivity index (χ1n) is 3.95. The fourth-order valence-electron chi connectivity index (χ4n) is 0.891. The van der Waals surface area contributed by atoms with Crippen molar-refractivity contribution in [2.75, 3.05) is 6.61 Å². The molecule has 1 rings (SSSR count). The van der Waals surface area contributed by atoms with Crippen molar-refractivity contribution in [2.45, 2.75) is 13.2 Å². The summed E-state index contributed by atoms with van der Waals surface area (Å²) in [4.78, 5) is 0. The lowest BCUT2D eigenvalue weighted by atomic mass is 10.3. The van der Waals surface area contributed by atoms with Crippen molar-refractivity contribution in [1.82, 2.24) is 0 Å². The molecule has 2 nitrogen and oxygen atoms in total. The minimum atomic E-state index is -0.232. The Morgan fingerprint density at radius 1 is 1.33 bits per heavy atom. The molecule has 1 radical (unpaired) electrons.